The number of para-hydroxylation sites is 1. The van der Waals surface area contributed by atoms with E-state index >= 15 is 0 Å². The summed E-state index contributed by atoms with van der Waals surface area (Å²) in [6, 6.07) is 9.54. The summed E-state index contributed by atoms with van der Waals surface area (Å²) in [5, 5.41) is 11.8. The van der Waals surface area contributed by atoms with Crippen molar-refractivity contribution in [1.82, 2.24) is 15.2 Å². The zero-order valence-electron chi connectivity index (χ0n) is 16.0. The fourth-order valence-electron chi connectivity index (χ4n) is 2.46. The van der Waals surface area contributed by atoms with E-state index in [0.29, 0.717) is 12.2 Å². The summed E-state index contributed by atoms with van der Waals surface area (Å²) in [5.41, 5.74) is 0.873. The summed E-state index contributed by atoms with van der Waals surface area (Å²) < 4.78 is 5.65. The predicted molar refractivity (Wildman–Crippen MR) is 102 cm³/mol. The first-order valence-electron chi connectivity index (χ1n) is 8.75. The van der Waals surface area contributed by atoms with E-state index in [4.69, 9.17) is 9.84 Å². The van der Waals surface area contributed by atoms with E-state index in [1.54, 1.807) is 26.2 Å². The van der Waals surface area contributed by atoms with Gasteiger partial charge in [0.15, 0.2) is 6.61 Å². The minimum Gasteiger partial charge on any atom is -0.483 e. The third kappa shape index (κ3) is 5.29. The van der Waals surface area contributed by atoms with E-state index in [0.717, 1.165) is 5.56 Å². The number of hydrogen-bond acceptors (Lipinski definition) is 5. The van der Waals surface area contributed by atoms with Crippen LogP contribution < -0.4 is 10.1 Å². The summed E-state index contributed by atoms with van der Waals surface area (Å²) >= 11 is 0. The first kappa shape index (κ1) is 20.9. The van der Waals surface area contributed by atoms with Crippen molar-refractivity contribution in [2.24, 2.45) is 0 Å². The van der Waals surface area contributed by atoms with Crippen molar-refractivity contribution < 1.29 is 24.2 Å². The molecule has 1 aromatic heterocycles. The molecule has 1 heterocycles. The number of benzene rings is 1. The van der Waals surface area contributed by atoms with Crippen molar-refractivity contribution in [3.63, 3.8) is 0 Å². The van der Waals surface area contributed by atoms with E-state index in [1.807, 2.05) is 19.1 Å². The molecule has 0 fully saturated rings. The minimum absolute atomic E-state index is 0.102. The zero-order chi connectivity index (χ0) is 20.7. The standard InChI is InChI=1S/C20H23N3O5/c1-4-15(22-19(25)13-9-10-16(20(26)27)21-11-13)14-7-5-6-8-17(14)28-12-18(24)23(2)3/h5-11,15H,4,12H2,1-3H3,(H,22,25)(H,26,27). The number of nitrogens with one attached hydrogen (secondary N) is 1. The summed E-state index contributed by atoms with van der Waals surface area (Å²) in [6.07, 6.45) is 1.82. The topological polar surface area (TPSA) is 109 Å². The molecule has 0 aliphatic rings. The number of amides is 2. The van der Waals surface area contributed by atoms with Gasteiger partial charge in [-0.2, -0.15) is 0 Å². The van der Waals surface area contributed by atoms with Crippen molar-refractivity contribution in [3.8, 4) is 5.75 Å². The van der Waals surface area contributed by atoms with Gasteiger partial charge >= 0.3 is 5.97 Å². The van der Waals surface area contributed by atoms with E-state index in [1.165, 1.54) is 23.2 Å². The average Bonchev–Trinajstić information content (AvgIpc) is 2.70. The minimum atomic E-state index is -1.16. The van der Waals surface area contributed by atoms with Crippen molar-refractivity contribution in [2.75, 3.05) is 20.7 Å². The highest BCUT2D eigenvalue weighted by Crippen LogP contribution is 2.27. The lowest BCUT2D eigenvalue weighted by molar-refractivity contribution is -0.130. The number of carbonyl (C=O) groups excluding carboxylic acids is 2. The second kappa shape index (κ2) is 9.50. The van der Waals surface area contributed by atoms with Crippen LogP contribution in [0.2, 0.25) is 0 Å². The SMILES string of the molecule is CCC(NC(=O)c1ccc(C(=O)O)nc1)c1ccccc1OCC(=O)N(C)C. The highest BCUT2D eigenvalue weighted by atomic mass is 16.5. The molecule has 148 valence electrons. The largest absolute Gasteiger partial charge is 0.483 e. The number of nitrogens with zero attached hydrogens (tertiary/aromatic N) is 2. The van der Waals surface area contributed by atoms with Gasteiger partial charge in [0, 0.05) is 25.9 Å². The Morgan fingerprint density at radius 3 is 2.46 bits per heavy atom. The number of carboxylic acid groups (broad SMARTS) is 1. The van der Waals surface area contributed by atoms with Crippen LogP contribution in [-0.4, -0.2) is 53.5 Å². The van der Waals surface area contributed by atoms with Gasteiger partial charge in [-0.1, -0.05) is 25.1 Å². The van der Waals surface area contributed by atoms with Crippen LogP contribution in [0.1, 0.15) is 45.8 Å². The van der Waals surface area contributed by atoms with Gasteiger partial charge in [-0.05, 0) is 24.6 Å². The number of aromatic nitrogens is 1. The maximum Gasteiger partial charge on any atom is 0.354 e. The number of carboxylic acids is 1. The molecule has 0 aliphatic carbocycles. The molecular formula is C20H23N3O5. The van der Waals surface area contributed by atoms with Gasteiger partial charge in [-0.25, -0.2) is 9.78 Å². The highest BCUT2D eigenvalue weighted by Gasteiger charge is 2.19. The molecule has 8 heteroatoms. The molecule has 0 radical (unpaired) electrons. The zero-order valence-corrected chi connectivity index (χ0v) is 16.0. The van der Waals surface area contributed by atoms with Gasteiger partial charge in [0.2, 0.25) is 0 Å². The maximum absolute atomic E-state index is 12.5. The van der Waals surface area contributed by atoms with Gasteiger partial charge < -0.3 is 20.1 Å². The molecule has 2 aromatic rings. The molecule has 0 spiro atoms. The van der Waals surface area contributed by atoms with Crippen LogP contribution in [0.3, 0.4) is 0 Å². The normalized spacial score (nSPS) is 11.4. The van der Waals surface area contributed by atoms with Crippen LogP contribution in [0.4, 0.5) is 0 Å². The monoisotopic (exact) mass is 385 g/mol. The maximum atomic E-state index is 12.5. The Bertz CT molecular complexity index is 849. The molecule has 1 aromatic carbocycles. The molecular weight excluding hydrogens is 362 g/mol. The smallest absolute Gasteiger partial charge is 0.354 e. The lowest BCUT2D eigenvalue weighted by atomic mass is 10.0. The van der Waals surface area contributed by atoms with Crippen LogP contribution >= 0.6 is 0 Å². The van der Waals surface area contributed by atoms with Crippen LogP contribution in [0.25, 0.3) is 0 Å². The molecule has 0 bridgehead atoms. The molecule has 1 unspecified atom stereocenters. The first-order valence-corrected chi connectivity index (χ1v) is 8.75. The predicted octanol–water partition coefficient (Wildman–Crippen LogP) is 2.13. The number of aromatic carboxylic acids is 1. The molecule has 2 N–H and O–H groups in total. The number of likely N-dealkylation sites (N-methyl/N-ethyl adjacent to an activating group) is 1. The molecule has 0 saturated heterocycles. The second-order valence-corrected chi connectivity index (χ2v) is 6.29. The van der Waals surface area contributed by atoms with Crippen LogP contribution in [0.15, 0.2) is 42.6 Å². The van der Waals surface area contributed by atoms with Gasteiger partial charge in [-0.3, -0.25) is 9.59 Å². The van der Waals surface area contributed by atoms with Crippen molar-refractivity contribution >= 4 is 17.8 Å². The Hall–Kier alpha value is -3.42. The lowest BCUT2D eigenvalue weighted by Crippen LogP contribution is -2.30. The van der Waals surface area contributed by atoms with Crippen LogP contribution in [0, 0.1) is 0 Å². The average molecular weight is 385 g/mol. The van der Waals surface area contributed by atoms with E-state index in [9.17, 15) is 14.4 Å². The third-order valence-electron chi connectivity index (χ3n) is 4.10. The Kier molecular flexibility index (Phi) is 7.08. The number of carbonyl (C=O) groups is 3. The Morgan fingerprint density at radius 1 is 1.18 bits per heavy atom. The van der Waals surface area contributed by atoms with Gasteiger partial charge in [0.1, 0.15) is 11.4 Å². The van der Waals surface area contributed by atoms with Gasteiger partial charge in [0.05, 0.1) is 11.6 Å². The number of hydrogen-bond donors (Lipinski definition) is 2. The first-order chi connectivity index (χ1) is 13.3. The van der Waals surface area contributed by atoms with Crippen LogP contribution in [-0.2, 0) is 4.79 Å². The quantitative estimate of drug-likeness (QED) is 0.721. The van der Waals surface area contributed by atoms with E-state index in [-0.39, 0.29) is 35.7 Å². The Balaban J connectivity index is 2.15. The molecule has 0 saturated carbocycles. The van der Waals surface area contributed by atoms with Crippen molar-refractivity contribution in [3.05, 3.63) is 59.4 Å². The van der Waals surface area contributed by atoms with E-state index < -0.39 is 5.97 Å². The second-order valence-electron chi connectivity index (χ2n) is 6.29. The third-order valence-corrected chi connectivity index (χ3v) is 4.10. The molecule has 0 aliphatic heterocycles. The van der Waals surface area contributed by atoms with Crippen molar-refractivity contribution in [1.29, 1.82) is 0 Å². The summed E-state index contributed by atoms with van der Waals surface area (Å²) in [6.45, 7) is 1.81. The van der Waals surface area contributed by atoms with Crippen molar-refractivity contribution in [2.45, 2.75) is 19.4 Å². The Morgan fingerprint density at radius 2 is 1.89 bits per heavy atom. The van der Waals surface area contributed by atoms with Gasteiger partial charge in [-0.15, -0.1) is 0 Å². The van der Waals surface area contributed by atoms with E-state index in [2.05, 4.69) is 10.3 Å². The molecule has 1 atom stereocenters. The van der Waals surface area contributed by atoms with Crippen LogP contribution in [0.5, 0.6) is 5.75 Å². The molecule has 28 heavy (non-hydrogen) atoms. The summed E-state index contributed by atoms with van der Waals surface area (Å²) in [5.74, 6) is -1.19. The molecule has 2 rings (SSSR count). The Labute approximate surface area is 163 Å². The molecule has 8 nitrogen and oxygen atoms in total. The number of ether oxygens (including phenoxy) is 1. The number of rotatable bonds is 8. The molecule has 2 amide bonds. The fraction of sp³-hybridized carbons (Fsp3) is 0.300. The lowest BCUT2D eigenvalue weighted by Gasteiger charge is -2.21. The number of pyridine rings is 1. The van der Waals surface area contributed by atoms with Gasteiger partial charge in [0.25, 0.3) is 11.8 Å². The highest BCUT2D eigenvalue weighted by molar-refractivity contribution is 5.95. The summed E-state index contributed by atoms with van der Waals surface area (Å²) in [4.78, 5) is 40.4. The summed E-state index contributed by atoms with van der Waals surface area (Å²) in [7, 11) is 3.30. The fourth-order valence-corrected chi connectivity index (χ4v) is 2.46.